The van der Waals surface area contributed by atoms with Crippen molar-refractivity contribution >= 4 is 23.1 Å². The van der Waals surface area contributed by atoms with Crippen molar-refractivity contribution in [2.75, 3.05) is 10.6 Å². The van der Waals surface area contributed by atoms with Gasteiger partial charge in [0.15, 0.2) is 5.78 Å². The first-order valence-corrected chi connectivity index (χ1v) is 8.27. The fourth-order valence-electron chi connectivity index (χ4n) is 2.45. The molecule has 0 saturated carbocycles. The molecule has 3 aromatic rings. The van der Waals surface area contributed by atoms with Crippen LogP contribution < -0.4 is 10.6 Å². The third kappa shape index (κ3) is 4.54. The highest BCUT2D eigenvalue weighted by Crippen LogP contribution is 2.14. The predicted molar refractivity (Wildman–Crippen MR) is 102 cm³/mol. The summed E-state index contributed by atoms with van der Waals surface area (Å²) in [6.07, 6.45) is 3.20. The molecule has 0 aliphatic rings. The van der Waals surface area contributed by atoms with E-state index in [9.17, 15) is 9.59 Å². The molecule has 0 spiro atoms. The average molecular weight is 345 g/mol. The number of Topliss-reactive ketones (excluding diaryl/α,β-unsaturated/α-hetero) is 1. The highest BCUT2D eigenvalue weighted by atomic mass is 16.1. The Kier molecular flexibility index (Phi) is 5.39. The first kappa shape index (κ1) is 17.4. The number of carbonyl (C=O) groups is 2. The summed E-state index contributed by atoms with van der Waals surface area (Å²) < 4.78 is 0. The normalized spacial score (nSPS) is 10.2. The van der Waals surface area contributed by atoms with Crippen molar-refractivity contribution in [3.63, 3.8) is 0 Å². The lowest BCUT2D eigenvalue weighted by molar-refractivity contribution is 0.101. The highest BCUT2D eigenvalue weighted by molar-refractivity contribution is 6.04. The Morgan fingerprint density at radius 2 is 1.62 bits per heavy atom. The summed E-state index contributed by atoms with van der Waals surface area (Å²) in [7, 11) is 0. The largest absolute Gasteiger partial charge is 0.380 e. The number of ketones is 1. The Labute approximate surface area is 152 Å². The summed E-state index contributed by atoms with van der Waals surface area (Å²) in [5.41, 5.74) is 3.61. The van der Waals surface area contributed by atoms with Crippen LogP contribution in [0.1, 0.15) is 33.2 Å². The minimum absolute atomic E-state index is 0.00994. The van der Waals surface area contributed by atoms with Crippen molar-refractivity contribution in [3.8, 4) is 0 Å². The van der Waals surface area contributed by atoms with Crippen molar-refractivity contribution in [2.45, 2.75) is 13.5 Å². The van der Waals surface area contributed by atoms with Crippen LogP contribution in [0.3, 0.4) is 0 Å². The lowest BCUT2D eigenvalue weighted by Gasteiger charge is -2.09. The molecule has 1 amide bonds. The second-order valence-electron chi connectivity index (χ2n) is 5.89. The maximum Gasteiger partial charge on any atom is 0.257 e. The topological polar surface area (TPSA) is 71.1 Å². The summed E-state index contributed by atoms with van der Waals surface area (Å²) in [5, 5.41) is 6.07. The number of anilines is 2. The van der Waals surface area contributed by atoms with Gasteiger partial charge < -0.3 is 10.6 Å². The number of pyridine rings is 1. The molecule has 5 heteroatoms. The van der Waals surface area contributed by atoms with Crippen molar-refractivity contribution in [1.29, 1.82) is 0 Å². The zero-order valence-corrected chi connectivity index (χ0v) is 14.4. The van der Waals surface area contributed by atoms with Gasteiger partial charge in [-0.05, 0) is 42.8 Å². The van der Waals surface area contributed by atoms with Crippen LogP contribution in [0.5, 0.6) is 0 Å². The molecule has 26 heavy (non-hydrogen) atoms. The Morgan fingerprint density at radius 1 is 0.885 bits per heavy atom. The van der Waals surface area contributed by atoms with Crippen LogP contribution in [0.4, 0.5) is 11.4 Å². The number of hydrogen-bond donors (Lipinski definition) is 2. The van der Waals surface area contributed by atoms with Crippen LogP contribution in [0.25, 0.3) is 0 Å². The van der Waals surface area contributed by atoms with Gasteiger partial charge in [-0.15, -0.1) is 0 Å². The van der Waals surface area contributed by atoms with Gasteiger partial charge >= 0.3 is 0 Å². The number of nitrogens with one attached hydrogen (secondary N) is 2. The molecule has 0 aliphatic carbocycles. The Bertz CT molecular complexity index is 906. The van der Waals surface area contributed by atoms with Gasteiger partial charge in [-0.25, -0.2) is 0 Å². The molecule has 1 heterocycles. The zero-order valence-electron chi connectivity index (χ0n) is 14.4. The molecular weight excluding hydrogens is 326 g/mol. The van der Waals surface area contributed by atoms with Gasteiger partial charge in [-0.3, -0.25) is 14.6 Å². The van der Waals surface area contributed by atoms with E-state index < -0.39 is 0 Å². The van der Waals surface area contributed by atoms with E-state index in [0.717, 1.165) is 11.3 Å². The third-order valence-electron chi connectivity index (χ3n) is 3.89. The fourth-order valence-corrected chi connectivity index (χ4v) is 2.45. The minimum atomic E-state index is -0.253. The zero-order chi connectivity index (χ0) is 18.4. The van der Waals surface area contributed by atoms with Crippen molar-refractivity contribution in [3.05, 3.63) is 89.7 Å². The first-order chi connectivity index (χ1) is 12.6. The van der Waals surface area contributed by atoms with Crippen LogP contribution in [0, 0.1) is 0 Å². The van der Waals surface area contributed by atoms with E-state index in [1.54, 1.807) is 36.5 Å². The monoisotopic (exact) mass is 345 g/mol. The number of nitrogens with zero attached hydrogens (tertiary/aromatic N) is 1. The molecule has 0 atom stereocenters. The molecule has 5 nitrogen and oxygen atoms in total. The van der Waals surface area contributed by atoms with E-state index in [2.05, 4.69) is 15.6 Å². The van der Waals surface area contributed by atoms with Gasteiger partial charge in [0.25, 0.3) is 5.91 Å². The SMILES string of the molecule is CC(=O)c1ccc(NC(=O)c2cncc(NCc3ccccc3)c2)cc1. The molecule has 0 radical (unpaired) electrons. The molecule has 0 bridgehead atoms. The van der Waals surface area contributed by atoms with Crippen LogP contribution in [0.2, 0.25) is 0 Å². The van der Waals surface area contributed by atoms with Crippen LogP contribution in [-0.2, 0) is 6.54 Å². The van der Waals surface area contributed by atoms with Gasteiger partial charge in [0.05, 0.1) is 11.3 Å². The van der Waals surface area contributed by atoms with Gasteiger partial charge in [0.2, 0.25) is 0 Å². The average Bonchev–Trinajstić information content (AvgIpc) is 2.68. The Balaban J connectivity index is 1.65. The molecular formula is C21H19N3O2. The smallest absolute Gasteiger partial charge is 0.257 e. The molecule has 2 N–H and O–H groups in total. The predicted octanol–water partition coefficient (Wildman–Crippen LogP) is 4.15. The molecule has 0 fully saturated rings. The van der Waals surface area contributed by atoms with E-state index in [1.807, 2.05) is 30.3 Å². The molecule has 2 aromatic carbocycles. The molecule has 130 valence electrons. The standard InChI is InChI=1S/C21H19N3O2/c1-15(25)17-7-9-19(10-8-17)24-21(26)18-11-20(14-22-13-18)23-12-16-5-3-2-4-6-16/h2-11,13-14,23H,12H2,1H3,(H,24,26). The summed E-state index contributed by atoms with van der Waals surface area (Å²) >= 11 is 0. The number of hydrogen-bond acceptors (Lipinski definition) is 4. The summed E-state index contributed by atoms with van der Waals surface area (Å²) in [4.78, 5) is 27.8. The van der Waals surface area contributed by atoms with Crippen molar-refractivity contribution in [2.24, 2.45) is 0 Å². The minimum Gasteiger partial charge on any atom is -0.380 e. The summed E-state index contributed by atoms with van der Waals surface area (Å²) in [6.45, 7) is 2.16. The van der Waals surface area contributed by atoms with Gasteiger partial charge in [0.1, 0.15) is 0 Å². The van der Waals surface area contributed by atoms with Crippen molar-refractivity contribution in [1.82, 2.24) is 4.98 Å². The number of rotatable bonds is 6. The second-order valence-corrected chi connectivity index (χ2v) is 5.89. The number of amides is 1. The molecule has 1 aromatic heterocycles. The van der Waals surface area contributed by atoms with E-state index in [-0.39, 0.29) is 11.7 Å². The number of aromatic nitrogens is 1. The maximum absolute atomic E-state index is 12.4. The quantitative estimate of drug-likeness (QED) is 0.659. The first-order valence-electron chi connectivity index (χ1n) is 8.27. The number of benzene rings is 2. The second kappa shape index (κ2) is 8.07. The van der Waals surface area contributed by atoms with Gasteiger partial charge in [-0.1, -0.05) is 30.3 Å². The Morgan fingerprint density at radius 3 is 2.31 bits per heavy atom. The highest BCUT2D eigenvalue weighted by Gasteiger charge is 2.08. The fraction of sp³-hybridized carbons (Fsp3) is 0.0952. The molecule has 0 unspecified atom stereocenters. The van der Waals surface area contributed by atoms with Crippen LogP contribution in [-0.4, -0.2) is 16.7 Å². The lowest BCUT2D eigenvalue weighted by Crippen LogP contribution is -2.13. The van der Waals surface area contributed by atoms with Gasteiger partial charge in [0, 0.05) is 30.2 Å². The molecule has 3 rings (SSSR count). The lowest BCUT2D eigenvalue weighted by atomic mass is 10.1. The van der Waals surface area contributed by atoms with Crippen LogP contribution in [0.15, 0.2) is 73.1 Å². The summed E-state index contributed by atoms with van der Waals surface area (Å²) in [5.74, 6) is -0.263. The van der Waals surface area contributed by atoms with Crippen molar-refractivity contribution < 1.29 is 9.59 Å². The molecule has 0 aliphatic heterocycles. The Hall–Kier alpha value is -3.47. The van der Waals surface area contributed by atoms with E-state index >= 15 is 0 Å². The summed E-state index contributed by atoms with van der Waals surface area (Å²) in [6, 6.07) is 18.5. The van der Waals surface area contributed by atoms with E-state index in [0.29, 0.717) is 23.4 Å². The van der Waals surface area contributed by atoms with E-state index in [4.69, 9.17) is 0 Å². The maximum atomic E-state index is 12.4. The van der Waals surface area contributed by atoms with Crippen LogP contribution >= 0.6 is 0 Å². The third-order valence-corrected chi connectivity index (χ3v) is 3.89. The molecule has 0 saturated heterocycles. The van der Waals surface area contributed by atoms with Gasteiger partial charge in [-0.2, -0.15) is 0 Å². The van der Waals surface area contributed by atoms with E-state index in [1.165, 1.54) is 13.1 Å². The number of carbonyl (C=O) groups excluding carboxylic acids is 2.